The third-order valence-electron chi connectivity index (χ3n) is 1.88. The summed E-state index contributed by atoms with van der Waals surface area (Å²) in [6.45, 7) is 6.82. The largest absolute Gasteiger partial charge is 0.451 e. The number of carbonyl (C=O) groups is 1. The Labute approximate surface area is 82.2 Å². The van der Waals surface area contributed by atoms with Gasteiger partial charge in [0.25, 0.3) is 0 Å². The fraction of sp³-hybridized carbons (Fsp3) is 0.182. The molecule has 0 radical (unpaired) electrons. The second kappa shape index (κ2) is 3.96. The predicted molar refractivity (Wildman–Crippen MR) is 57.2 cm³/mol. The van der Waals surface area contributed by atoms with Crippen LogP contribution >= 0.6 is 0 Å². The van der Waals surface area contributed by atoms with Gasteiger partial charge >= 0.3 is 0 Å². The van der Waals surface area contributed by atoms with Gasteiger partial charge in [-0.05, 0) is 19.1 Å². The molecule has 0 fully saturated rings. The number of allylic oxidation sites excluding steroid dienone is 1. The molecule has 0 saturated heterocycles. The molecule has 2 N–H and O–H groups in total. The Balaban J connectivity index is 3.66. The van der Waals surface area contributed by atoms with E-state index in [1.54, 1.807) is 18.2 Å². The molecule has 0 atom stereocenters. The number of hydrogen-bond donors (Lipinski definition) is 1. The normalized spacial score (nSPS) is 13.3. The lowest BCUT2D eigenvalue weighted by Crippen LogP contribution is -2.21. The van der Waals surface area contributed by atoms with E-state index < -0.39 is 0 Å². The fourth-order valence-electron chi connectivity index (χ4n) is 1.24. The number of anilines is 1. The van der Waals surface area contributed by atoms with Crippen molar-refractivity contribution in [2.75, 3.05) is 5.73 Å². The highest BCUT2D eigenvalue weighted by Gasteiger charge is 2.11. The Morgan fingerprint density at radius 1 is 1.57 bits per heavy atom. The van der Waals surface area contributed by atoms with Crippen LogP contribution in [0.25, 0.3) is 12.2 Å². The minimum absolute atomic E-state index is 0.172. The average Bonchev–Trinajstić information content (AvgIpc) is 2.45. The van der Waals surface area contributed by atoms with Crippen LogP contribution in [0.4, 0.5) is 5.69 Å². The number of hydrogen-bond acceptors (Lipinski definition) is 3. The van der Waals surface area contributed by atoms with Gasteiger partial charge in [0.05, 0.1) is 5.69 Å². The lowest BCUT2D eigenvalue weighted by molar-refractivity contribution is 0.0987. The molecule has 0 aliphatic carbocycles. The summed E-state index contributed by atoms with van der Waals surface area (Å²) in [5, 5.41) is 0.715. The molecule has 0 spiro atoms. The monoisotopic (exact) mass is 191 g/mol. The van der Waals surface area contributed by atoms with E-state index in [4.69, 9.17) is 10.2 Å². The van der Waals surface area contributed by atoms with Crippen molar-refractivity contribution in [1.29, 1.82) is 0 Å². The maximum Gasteiger partial charge on any atom is 0.197 e. The SMILES string of the molecule is C=C/C=c1/c(N)c(C(C)=O)o/c1=C/C. The number of nitrogen functional groups attached to an aromatic ring is 1. The summed E-state index contributed by atoms with van der Waals surface area (Å²) >= 11 is 0. The zero-order valence-electron chi connectivity index (χ0n) is 8.33. The van der Waals surface area contributed by atoms with Crippen LogP contribution in [-0.4, -0.2) is 5.78 Å². The minimum Gasteiger partial charge on any atom is -0.451 e. The standard InChI is InChI=1S/C11H13NO2/c1-4-6-8-9(5-2)14-11(7(3)13)10(8)12/h4-6H,1,12H2,2-3H3/b8-6+,9-5+. The second-order valence-electron chi connectivity index (χ2n) is 2.87. The van der Waals surface area contributed by atoms with E-state index in [1.165, 1.54) is 6.92 Å². The van der Waals surface area contributed by atoms with E-state index >= 15 is 0 Å². The maximum atomic E-state index is 11.1. The highest BCUT2D eigenvalue weighted by Crippen LogP contribution is 2.04. The van der Waals surface area contributed by atoms with Crippen molar-refractivity contribution >= 4 is 23.6 Å². The quantitative estimate of drug-likeness (QED) is 0.704. The van der Waals surface area contributed by atoms with Gasteiger partial charge in [0.2, 0.25) is 0 Å². The zero-order chi connectivity index (χ0) is 10.7. The van der Waals surface area contributed by atoms with Gasteiger partial charge in [0.15, 0.2) is 11.5 Å². The van der Waals surface area contributed by atoms with Gasteiger partial charge in [0, 0.05) is 12.1 Å². The molecule has 0 aliphatic heterocycles. The van der Waals surface area contributed by atoms with Crippen LogP contribution in [0.2, 0.25) is 0 Å². The number of furan rings is 1. The average molecular weight is 191 g/mol. The molecule has 0 saturated carbocycles. The number of ketones is 1. The van der Waals surface area contributed by atoms with Crippen molar-refractivity contribution in [2.45, 2.75) is 13.8 Å². The summed E-state index contributed by atoms with van der Waals surface area (Å²) in [7, 11) is 0. The second-order valence-corrected chi connectivity index (χ2v) is 2.87. The molecule has 74 valence electrons. The molecule has 0 unspecified atom stereocenters. The first-order valence-electron chi connectivity index (χ1n) is 4.30. The summed E-state index contributed by atoms with van der Waals surface area (Å²) in [6.07, 6.45) is 5.09. The number of carbonyl (C=O) groups excluding carboxylic acids is 1. The number of rotatable bonds is 2. The van der Waals surface area contributed by atoms with E-state index in [9.17, 15) is 4.79 Å². The van der Waals surface area contributed by atoms with Gasteiger partial charge in [-0.3, -0.25) is 4.79 Å². The molecule has 1 aromatic heterocycles. The van der Waals surface area contributed by atoms with Crippen molar-refractivity contribution in [1.82, 2.24) is 0 Å². The number of Topliss-reactive ketones (excluding diaryl/α,β-unsaturated/α-hetero) is 1. The van der Waals surface area contributed by atoms with Gasteiger partial charge in [-0.25, -0.2) is 0 Å². The van der Waals surface area contributed by atoms with Gasteiger partial charge < -0.3 is 10.2 Å². The van der Waals surface area contributed by atoms with Crippen molar-refractivity contribution in [2.24, 2.45) is 0 Å². The fourth-order valence-corrected chi connectivity index (χ4v) is 1.24. The summed E-state index contributed by atoms with van der Waals surface area (Å²) in [5.41, 5.74) is 6.74. The highest BCUT2D eigenvalue weighted by atomic mass is 16.3. The van der Waals surface area contributed by atoms with Crippen LogP contribution in [-0.2, 0) is 0 Å². The number of nitrogens with two attached hydrogens (primary N) is 1. The maximum absolute atomic E-state index is 11.1. The first kappa shape index (κ1) is 10.3. The Hall–Kier alpha value is -1.77. The molecule has 1 heterocycles. The molecule has 0 amide bonds. The lowest BCUT2D eigenvalue weighted by atomic mass is 10.2. The van der Waals surface area contributed by atoms with Crippen LogP contribution in [0.15, 0.2) is 17.1 Å². The van der Waals surface area contributed by atoms with Gasteiger partial charge in [-0.2, -0.15) is 0 Å². The van der Waals surface area contributed by atoms with E-state index in [0.717, 1.165) is 0 Å². The highest BCUT2D eigenvalue weighted by molar-refractivity contribution is 5.96. The topological polar surface area (TPSA) is 56.2 Å². The van der Waals surface area contributed by atoms with E-state index in [2.05, 4.69) is 6.58 Å². The van der Waals surface area contributed by atoms with Gasteiger partial charge in [-0.1, -0.05) is 12.7 Å². The molecule has 0 bridgehead atoms. The van der Waals surface area contributed by atoms with Crippen LogP contribution in [0, 0.1) is 0 Å². The van der Waals surface area contributed by atoms with Gasteiger partial charge in [-0.15, -0.1) is 0 Å². The molecule has 1 aromatic rings. The Kier molecular flexibility index (Phi) is 2.92. The first-order valence-corrected chi connectivity index (χ1v) is 4.30. The molecule has 3 heteroatoms. The third-order valence-corrected chi connectivity index (χ3v) is 1.88. The minimum atomic E-state index is -0.172. The van der Waals surface area contributed by atoms with Crippen molar-refractivity contribution in [3.8, 4) is 0 Å². The van der Waals surface area contributed by atoms with Crippen LogP contribution in [0.5, 0.6) is 0 Å². The summed E-state index contributed by atoms with van der Waals surface area (Å²) in [5.74, 6) is 0.0421. The molecule has 3 nitrogen and oxygen atoms in total. The summed E-state index contributed by atoms with van der Waals surface area (Å²) < 4.78 is 5.30. The first-order chi connectivity index (χ1) is 6.61. The zero-order valence-corrected chi connectivity index (χ0v) is 8.33. The molecule has 1 rings (SSSR count). The van der Waals surface area contributed by atoms with E-state index in [1.807, 2.05) is 6.92 Å². The van der Waals surface area contributed by atoms with Crippen molar-refractivity contribution in [3.05, 3.63) is 29.0 Å². The summed E-state index contributed by atoms with van der Waals surface area (Å²) in [6, 6.07) is 0. The Bertz CT molecular complexity index is 480. The van der Waals surface area contributed by atoms with Crippen LogP contribution in [0.3, 0.4) is 0 Å². The smallest absolute Gasteiger partial charge is 0.197 e. The summed E-state index contributed by atoms with van der Waals surface area (Å²) in [4.78, 5) is 11.1. The van der Waals surface area contributed by atoms with Crippen molar-refractivity contribution in [3.63, 3.8) is 0 Å². The van der Waals surface area contributed by atoms with E-state index in [-0.39, 0.29) is 11.5 Å². The van der Waals surface area contributed by atoms with E-state index in [0.29, 0.717) is 16.3 Å². The molecule has 14 heavy (non-hydrogen) atoms. The molecule has 0 aromatic carbocycles. The van der Waals surface area contributed by atoms with Crippen LogP contribution < -0.4 is 16.4 Å². The van der Waals surface area contributed by atoms with Crippen molar-refractivity contribution < 1.29 is 9.21 Å². The molecular weight excluding hydrogens is 178 g/mol. The molecule has 0 aliphatic rings. The third kappa shape index (κ3) is 1.62. The lowest BCUT2D eigenvalue weighted by Gasteiger charge is -1.88. The predicted octanol–water partition coefficient (Wildman–Crippen LogP) is 0.831. The molecular formula is C11H13NO2. The van der Waals surface area contributed by atoms with Crippen LogP contribution in [0.1, 0.15) is 24.4 Å². The van der Waals surface area contributed by atoms with Gasteiger partial charge in [0.1, 0.15) is 5.42 Å². The Morgan fingerprint density at radius 2 is 2.21 bits per heavy atom. The Morgan fingerprint density at radius 3 is 2.64 bits per heavy atom.